The summed E-state index contributed by atoms with van der Waals surface area (Å²) in [5, 5.41) is 0.873. The maximum atomic E-state index is 13.3. The zero-order valence-electron chi connectivity index (χ0n) is 17.1. The number of carbonyl (C=O) groups excluding carboxylic acids is 2. The number of piperazine rings is 1. The predicted octanol–water partition coefficient (Wildman–Crippen LogP) is 3.94. The van der Waals surface area contributed by atoms with E-state index >= 15 is 0 Å². The normalized spacial score (nSPS) is 16.8. The first-order valence-electron chi connectivity index (χ1n) is 9.92. The molecule has 1 aromatic carbocycles. The highest BCUT2D eigenvalue weighted by molar-refractivity contribution is 5.98. The van der Waals surface area contributed by atoms with Gasteiger partial charge in [-0.1, -0.05) is 12.2 Å². The Bertz CT molecular complexity index is 1110. The summed E-state index contributed by atoms with van der Waals surface area (Å²) in [5.74, 6) is -0.625. The Hall–Kier alpha value is -3.35. The van der Waals surface area contributed by atoms with Gasteiger partial charge in [0.15, 0.2) is 0 Å². The lowest BCUT2D eigenvalue weighted by Crippen LogP contribution is -2.55. The molecular formula is C23H24FN3O3. The standard InChI is InChI=1S/C23H24FN3O3/c1-15(2)13-27-20(12-18-8-11-30-23(18)27)22(29)25-9-10-26(16(3)14-25)21(28)17-4-6-19(24)7-5-17/h4-8,11-12,16H,1,9-10,13-14H2,2-3H3/t16-/m0/s1. The average Bonchev–Trinajstić information content (AvgIpc) is 3.30. The van der Waals surface area contributed by atoms with E-state index in [4.69, 9.17) is 4.42 Å². The zero-order valence-corrected chi connectivity index (χ0v) is 17.1. The van der Waals surface area contributed by atoms with Crippen LogP contribution < -0.4 is 0 Å². The molecule has 0 spiro atoms. The van der Waals surface area contributed by atoms with E-state index in [1.807, 2.05) is 30.5 Å². The minimum atomic E-state index is -0.376. The molecule has 0 bridgehead atoms. The average molecular weight is 409 g/mol. The molecule has 2 aromatic heterocycles. The highest BCUT2D eigenvalue weighted by Crippen LogP contribution is 2.24. The Balaban J connectivity index is 1.52. The molecule has 1 atom stereocenters. The number of furan rings is 1. The van der Waals surface area contributed by atoms with E-state index in [-0.39, 0.29) is 23.7 Å². The quantitative estimate of drug-likeness (QED) is 0.614. The number of benzene rings is 1. The number of amides is 2. The number of nitrogens with zero attached hydrogens (tertiary/aromatic N) is 3. The number of fused-ring (bicyclic) bond motifs is 1. The largest absolute Gasteiger partial charge is 0.448 e. The van der Waals surface area contributed by atoms with Crippen LogP contribution >= 0.6 is 0 Å². The van der Waals surface area contributed by atoms with Crippen molar-refractivity contribution < 1.29 is 18.4 Å². The van der Waals surface area contributed by atoms with E-state index in [2.05, 4.69) is 6.58 Å². The van der Waals surface area contributed by atoms with E-state index in [0.29, 0.717) is 43.1 Å². The van der Waals surface area contributed by atoms with E-state index in [9.17, 15) is 14.0 Å². The van der Waals surface area contributed by atoms with Gasteiger partial charge in [-0.15, -0.1) is 0 Å². The van der Waals surface area contributed by atoms with Gasteiger partial charge in [-0.05, 0) is 50.2 Å². The van der Waals surface area contributed by atoms with E-state index in [1.165, 1.54) is 24.3 Å². The molecule has 3 aromatic rings. The molecule has 3 heterocycles. The van der Waals surface area contributed by atoms with Gasteiger partial charge in [0.1, 0.15) is 11.5 Å². The van der Waals surface area contributed by atoms with Crippen molar-refractivity contribution in [2.45, 2.75) is 26.4 Å². The molecule has 0 aliphatic carbocycles. The molecule has 2 amide bonds. The summed E-state index contributed by atoms with van der Waals surface area (Å²) in [6, 6.07) is 9.05. The van der Waals surface area contributed by atoms with Gasteiger partial charge in [0.25, 0.3) is 11.8 Å². The fourth-order valence-corrected chi connectivity index (χ4v) is 3.94. The second kappa shape index (κ2) is 7.82. The Morgan fingerprint density at radius 2 is 1.90 bits per heavy atom. The summed E-state index contributed by atoms with van der Waals surface area (Å²) in [6.45, 7) is 9.54. The molecule has 1 fully saturated rings. The van der Waals surface area contributed by atoms with Crippen LogP contribution in [-0.2, 0) is 6.54 Å². The third kappa shape index (κ3) is 3.63. The third-order valence-corrected chi connectivity index (χ3v) is 5.42. The number of halogens is 1. The minimum absolute atomic E-state index is 0.0941. The summed E-state index contributed by atoms with van der Waals surface area (Å²) in [5.41, 5.74) is 2.57. The van der Waals surface area contributed by atoms with E-state index in [0.717, 1.165) is 11.0 Å². The molecular weight excluding hydrogens is 385 g/mol. The molecule has 156 valence electrons. The topological polar surface area (TPSA) is 58.7 Å². The number of hydrogen-bond donors (Lipinski definition) is 0. The SMILES string of the molecule is C=C(C)Cn1c(C(=O)N2CCN(C(=O)c3ccc(F)cc3)[C@@H](C)C2)cc2ccoc21. The Morgan fingerprint density at radius 1 is 1.17 bits per heavy atom. The summed E-state index contributed by atoms with van der Waals surface area (Å²) in [6.07, 6.45) is 1.61. The zero-order chi connectivity index (χ0) is 21.4. The molecule has 1 saturated heterocycles. The van der Waals surface area contributed by atoms with Crippen molar-refractivity contribution in [2.24, 2.45) is 0 Å². The molecule has 7 heteroatoms. The van der Waals surface area contributed by atoms with Crippen molar-refractivity contribution in [2.75, 3.05) is 19.6 Å². The first-order valence-corrected chi connectivity index (χ1v) is 9.92. The van der Waals surface area contributed by atoms with Crippen molar-refractivity contribution in [1.29, 1.82) is 0 Å². The Labute approximate surface area is 174 Å². The number of rotatable bonds is 4. The van der Waals surface area contributed by atoms with Crippen LogP contribution in [0, 0.1) is 5.82 Å². The first-order chi connectivity index (χ1) is 14.3. The van der Waals surface area contributed by atoms with Crippen molar-refractivity contribution in [3.05, 3.63) is 71.9 Å². The van der Waals surface area contributed by atoms with Gasteiger partial charge < -0.3 is 18.8 Å². The van der Waals surface area contributed by atoms with Crippen LogP contribution in [0.5, 0.6) is 0 Å². The van der Waals surface area contributed by atoms with Gasteiger partial charge in [0.2, 0.25) is 5.71 Å². The van der Waals surface area contributed by atoms with Crippen molar-refractivity contribution in [3.8, 4) is 0 Å². The smallest absolute Gasteiger partial charge is 0.270 e. The molecule has 0 N–H and O–H groups in total. The van der Waals surface area contributed by atoms with Crippen LogP contribution in [0.1, 0.15) is 34.7 Å². The molecule has 6 nitrogen and oxygen atoms in total. The van der Waals surface area contributed by atoms with Gasteiger partial charge >= 0.3 is 0 Å². The Kier molecular flexibility index (Phi) is 5.20. The van der Waals surface area contributed by atoms with Gasteiger partial charge in [0.05, 0.1) is 6.26 Å². The molecule has 30 heavy (non-hydrogen) atoms. The summed E-state index contributed by atoms with van der Waals surface area (Å²) in [7, 11) is 0. The van der Waals surface area contributed by atoms with Gasteiger partial charge in [-0.25, -0.2) is 4.39 Å². The number of carbonyl (C=O) groups is 2. The van der Waals surface area contributed by atoms with Crippen LogP contribution in [0.2, 0.25) is 0 Å². The monoisotopic (exact) mass is 409 g/mol. The van der Waals surface area contributed by atoms with Gasteiger partial charge in [-0.3, -0.25) is 9.59 Å². The molecule has 0 saturated carbocycles. The van der Waals surface area contributed by atoms with Gasteiger partial charge in [-0.2, -0.15) is 0 Å². The fourth-order valence-electron chi connectivity index (χ4n) is 3.94. The number of allylic oxidation sites excluding steroid dienone is 1. The first kappa shape index (κ1) is 19.9. The molecule has 0 unspecified atom stereocenters. The fraction of sp³-hybridized carbons (Fsp3) is 0.304. The molecule has 4 rings (SSSR count). The van der Waals surface area contributed by atoms with Crippen molar-refractivity contribution in [1.82, 2.24) is 14.4 Å². The van der Waals surface area contributed by atoms with Crippen LogP contribution in [0.3, 0.4) is 0 Å². The Morgan fingerprint density at radius 3 is 2.57 bits per heavy atom. The maximum absolute atomic E-state index is 13.3. The number of hydrogen-bond acceptors (Lipinski definition) is 3. The molecule has 1 aliphatic rings. The van der Waals surface area contributed by atoms with Crippen LogP contribution in [0.25, 0.3) is 11.1 Å². The van der Waals surface area contributed by atoms with Crippen molar-refractivity contribution in [3.63, 3.8) is 0 Å². The highest BCUT2D eigenvalue weighted by Gasteiger charge is 2.32. The lowest BCUT2D eigenvalue weighted by Gasteiger charge is -2.40. The number of aromatic nitrogens is 1. The lowest BCUT2D eigenvalue weighted by molar-refractivity contribution is 0.0409. The molecule has 0 radical (unpaired) electrons. The predicted molar refractivity (Wildman–Crippen MR) is 112 cm³/mol. The van der Waals surface area contributed by atoms with Crippen LogP contribution in [-0.4, -0.2) is 51.9 Å². The maximum Gasteiger partial charge on any atom is 0.270 e. The summed E-state index contributed by atoms with van der Waals surface area (Å²) in [4.78, 5) is 29.6. The molecule has 1 aliphatic heterocycles. The minimum Gasteiger partial charge on any atom is -0.448 e. The van der Waals surface area contributed by atoms with Crippen molar-refractivity contribution >= 4 is 22.9 Å². The third-order valence-electron chi connectivity index (χ3n) is 5.42. The highest BCUT2D eigenvalue weighted by atomic mass is 19.1. The van der Waals surface area contributed by atoms with Crippen LogP contribution in [0.4, 0.5) is 4.39 Å². The summed E-state index contributed by atoms with van der Waals surface area (Å²) < 4.78 is 20.6. The second-order valence-electron chi connectivity index (χ2n) is 7.86. The van der Waals surface area contributed by atoms with E-state index < -0.39 is 0 Å². The second-order valence-corrected chi connectivity index (χ2v) is 7.86. The lowest BCUT2D eigenvalue weighted by atomic mass is 10.1. The van der Waals surface area contributed by atoms with Gasteiger partial charge in [0, 0.05) is 43.2 Å². The van der Waals surface area contributed by atoms with Crippen LogP contribution in [0.15, 0.2) is 59.2 Å². The van der Waals surface area contributed by atoms with E-state index in [1.54, 1.807) is 16.1 Å². The summed E-state index contributed by atoms with van der Waals surface area (Å²) >= 11 is 0.